The van der Waals surface area contributed by atoms with Gasteiger partial charge in [0.15, 0.2) is 0 Å². The number of benzene rings is 1. The van der Waals surface area contributed by atoms with Crippen LogP contribution in [0.1, 0.15) is 41.1 Å². The Morgan fingerprint density at radius 3 is 2.78 bits per heavy atom. The second-order valence-electron chi connectivity index (χ2n) is 4.94. The molecule has 1 heterocycles. The van der Waals surface area contributed by atoms with Crippen LogP contribution in [-0.4, -0.2) is 30.4 Å². The predicted octanol–water partition coefficient (Wildman–Crippen LogP) is 2.43. The number of hydrogen-bond donors (Lipinski definition) is 1. The molecule has 0 amide bonds. The van der Waals surface area contributed by atoms with Crippen molar-refractivity contribution in [1.82, 2.24) is 0 Å². The van der Waals surface area contributed by atoms with E-state index in [4.69, 9.17) is 14.6 Å². The highest BCUT2D eigenvalue weighted by atomic mass is 16.5. The normalized spacial score (nSPS) is 23.0. The number of rotatable bonds is 4. The SMILES string of the molecule is O=C(O)c1ccc(OC2CCOC2)c(C2CC2)c1. The molecule has 1 aliphatic heterocycles. The molecule has 1 N–H and O–H groups in total. The second kappa shape index (κ2) is 4.61. The molecule has 0 aromatic heterocycles. The first-order valence-electron chi connectivity index (χ1n) is 6.35. The molecule has 1 atom stereocenters. The Balaban J connectivity index is 1.85. The molecule has 1 unspecified atom stereocenters. The Labute approximate surface area is 106 Å². The molecule has 1 aliphatic carbocycles. The van der Waals surface area contributed by atoms with Crippen molar-refractivity contribution in [1.29, 1.82) is 0 Å². The molecule has 18 heavy (non-hydrogen) atoms. The van der Waals surface area contributed by atoms with Crippen molar-refractivity contribution in [2.75, 3.05) is 13.2 Å². The number of ether oxygens (including phenoxy) is 2. The number of aromatic carboxylic acids is 1. The third-order valence-corrected chi connectivity index (χ3v) is 3.46. The minimum atomic E-state index is -0.882. The van der Waals surface area contributed by atoms with E-state index in [1.807, 2.05) is 0 Å². The highest BCUT2D eigenvalue weighted by Crippen LogP contribution is 2.45. The van der Waals surface area contributed by atoms with Crippen LogP contribution in [0.2, 0.25) is 0 Å². The molecule has 3 rings (SSSR count). The van der Waals surface area contributed by atoms with Crippen molar-refractivity contribution in [3.8, 4) is 5.75 Å². The first-order chi connectivity index (χ1) is 8.74. The van der Waals surface area contributed by atoms with Crippen LogP contribution in [0.3, 0.4) is 0 Å². The summed E-state index contributed by atoms with van der Waals surface area (Å²) < 4.78 is 11.2. The summed E-state index contributed by atoms with van der Waals surface area (Å²) in [6.45, 7) is 1.38. The molecule has 0 spiro atoms. The van der Waals surface area contributed by atoms with Gasteiger partial charge in [-0.05, 0) is 42.5 Å². The topological polar surface area (TPSA) is 55.8 Å². The lowest BCUT2D eigenvalue weighted by molar-refractivity contribution is 0.0696. The zero-order chi connectivity index (χ0) is 12.5. The Hall–Kier alpha value is -1.55. The fraction of sp³-hybridized carbons (Fsp3) is 0.500. The molecule has 0 radical (unpaired) electrons. The average Bonchev–Trinajstić information content (AvgIpc) is 3.08. The predicted molar refractivity (Wildman–Crippen MR) is 65.2 cm³/mol. The van der Waals surface area contributed by atoms with Crippen molar-refractivity contribution < 1.29 is 19.4 Å². The van der Waals surface area contributed by atoms with E-state index in [9.17, 15) is 4.79 Å². The number of hydrogen-bond acceptors (Lipinski definition) is 3. The molecule has 4 nitrogen and oxygen atoms in total. The lowest BCUT2D eigenvalue weighted by Crippen LogP contribution is -2.16. The van der Waals surface area contributed by atoms with Gasteiger partial charge in [0.25, 0.3) is 0 Å². The van der Waals surface area contributed by atoms with E-state index in [0.29, 0.717) is 18.1 Å². The van der Waals surface area contributed by atoms with Crippen LogP contribution < -0.4 is 4.74 Å². The highest BCUT2D eigenvalue weighted by molar-refractivity contribution is 5.88. The maximum atomic E-state index is 11.0. The van der Waals surface area contributed by atoms with E-state index < -0.39 is 5.97 Å². The van der Waals surface area contributed by atoms with E-state index in [1.165, 1.54) is 0 Å². The summed E-state index contributed by atoms with van der Waals surface area (Å²) >= 11 is 0. The molecule has 1 aromatic rings. The van der Waals surface area contributed by atoms with E-state index in [0.717, 1.165) is 37.2 Å². The van der Waals surface area contributed by atoms with Gasteiger partial charge in [0.2, 0.25) is 0 Å². The van der Waals surface area contributed by atoms with Crippen LogP contribution in [-0.2, 0) is 4.74 Å². The summed E-state index contributed by atoms with van der Waals surface area (Å²) in [6, 6.07) is 5.15. The van der Waals surface area contributed by atoms with Crippen molar-refractivity contribution in [2.45, 2.75) is 31.3 Å². The lowest BCUT2D eigenvalue weighted by atomic mass is 10.1. The molecular weight excluding hydrogens is 232 g/mol. The van der Waals surface area contributed by atoms with Crippen molar-refractivity contribution >= 4 is 5.97 Å². The van der Waals surface area contributed by atoms with E-state index in [1.54, 1.807) is 18.2 Å². The van der Waals surface area contributed by atoms with E-state index >= 15 is 0 Å². The van der Waals surface area contributed by atoms with Gasteiger partial charge in [-0.15, -0.1) is 0 Å². The highest BCUT2D eigenvalue weighted by Gasteiger charge is 2.29. The van der Waals surface area contributed by atoms with Gasteiger partial charge in [-0.1, -0.05) is 0 Å². The van der Waals surface area contributed by atoms with Crippen LogP contribution in [0.4, 0.5) is 0 Å². The van der Waals surface area contributed by atoms with Crippen LogP contribution in [0, 0.1) is 0 Å². The molecule has 1 aromatic carbocycles. The van der Waals surface area contributed by atoms with Gasteiger partial charge in [-0.3, -0.25) is 0 Å². The number of carboxylic acid groups (broad SMARTS) is 1. The third-order valence-electron chi connectivity index (χ3n) is 3.46. The molecule has 4 heteroatoms. The van der Waals surface area contributed by atoms with Crippen LogP contribution in [0.15, 0.2) is 18.2 Å². The van der Waals surface area contributed by atoms with Gasteiger partial charge in [0.1, 0.15) is 11.9 Å². The molecule has 2 aliphatic rings. The fourth-order valence-electron chi connectivity index (χ4n) is 2.29. The van der Waals surface area contributed by atoms with E-state index in [2.05, 4.69) is 0 Å². The fourth-order valence-corrected chi connectivity index (χ4v) is 2.29. The minimum absolute atomic E-state index is 0.109. The van der Waals surface area contributed by atoms with Crippen LogP contribution in [0.25, 0.3) is 0 Å². The molecular formula is C14H16O4. The minimum Gasteiger partial charge on any atom is -0.488 e. The first kappa shape index (κ1) is 11.5. The summed E-state index contributed by atoms with van der Waals surface area (Å²) in [5.41, 5.74) is 1.38. The standard InChI is InChI=1S/C14H16O4/c15-14(16)10-3-4-13(12(7-10)9-1-2-9)18-11-5-6-17-8-11/h3-4,7,9,11H,1-2,5-6,8H2,(H,15,16). The largest absolute Gasteiger partial charge is 0.488 e. The number of carboxylic acids is 1. The zero-order valence-electron chi connectivity index (χ0n) is 10.1. The van der Waals surface area contributed by atoms with Gasteiger partial charge < -0.3 is 14.6 Å². The quantitative estimate of drug-likeness (QED) is 0.889. The molecule has 1 saturated carbocycles. The Kier molecular flexibility index (Phi) is 2.96. The van der Waals surface area contributed by atoms with Crippen molar-refractivity contribution in [2.24, 2.45) is 0 Å². The van der Waals surface area contributed by atoms with Gasteiger partial charge in [-0.25, -0.2) is 4.79 Å². The van der Waals surface area contributed by atoms with E-state index in [-0.39, 0.29) is 6.10 Å². The molecule has 1 saturated heterocycles. The lowest BCUT2D eigenvalue weighted by Gasteiger charge is -2.16. The van der Waals surface area contributed by atoms with Gasteiger partial charge in [0, 0.05) is 6.42 Å². The van der Waals surface area contributed by atoms with Gasteiger partial charge in [-0.2, -0.15) is 0 Å². The monoisotopic (exact) mass is 248 g/mol. The Morgan fingerprint density at radius 2 is 2.17 bits per heavy atom. The van der Waals surface area contributed by atoms with Crippen molar-refractivity contribution in [3.05, 3.63) is 29.3 Å². The summed E-state index contributed by atoms with van der Waals surface area (Å²) in [7, 11) is 0. The zero-order valence-corrected chi connectivity index (χ0v) is 10.1. The molecule has 0 bridgehead atoms. The Bertz CT molecular complexity index is 459. The summed E-state index contributed by atoms with van der Waals surface area (Å²) in [5.74, 6) is 0.423. The van der Waals surface area contributed by atoms with Crippen molar-refractivity contribution in [3.63, 3.8) is 0 Å². The van der Waals surface area contributed by atoms with Crippen LogP contribution >= 0.6 is 0 Å². The Morgan fingerprint density at radius 1 is 1.33 bits per heavy atom. The molecule has 96 valence electrons. The maximum Gasteiger partial charge on any atom is 0.335 e. The summed E-state index contributed by atoms with van der Waals surface area (Å²) in [6.07, 6.45) is 3.27. The maximum absolute atomic E-state index is 11.0. The summed E-state index contributed by atoms with van der Waals surface area (Å²) in [4.78, 5) is 11.0. The first-order valence-corrected chi connectivity index (χ1v) is 6.35. The van der Waals surface area contributed by atoms with Gasteiger partial charge >= 0.3 is 5.97 Å². The smallest absolute Gasteiger partial charge is 0.335 e. The van der Waals surface area contributed by atoms with Crippen LogP contribution in [0.5, 0.6) is 5.75 Å². The third kappa shape index (κ3) is 2.34. The second-order valence-corrected chi connectivity index (χ2v) is 4.94. The average molecular weight is 248 g/mol. The molecule has 2 fully saturated rings. The summed E-state index contributed by atoms with van der Waals surface area (Å²) in [5, 5.41) is 9.03. The number of carbonyl (C=O) groups is 1. The van der Waals surface area contributed by atoms with Gasteiger partial charge in [0.05, 0.1) is 18.8 Å².